The Morgan fingerprint density at radius 3 is 2.62 bits per heavy atom. The van der Waals surface area contributed by atoms with Crippen molar-refractivity contribution in [2.24, 2.45) is 17.1 Å². The first-order valence-electron chi connectivity index (χ1n) is 7.32. The van der Waals surface area contributed by atoms with Crippen LogP contribution in [0.15, 0.2) is 24.3 Å². The van der Waals surface area contributed by atoms with Gasteiger partial charge >= 0.3 is 5.97 Å². The van der Waals surface area contributed by atoms with Gasteiger partial charge in [0.25, 0.3) is 0 Å². The Hall–Kier alpha value is -1.88. The third kappa shape index (κ3) is 3.42. The molecular formula is C16H22N2O3. The Morgan fingerprint density at radius 1 is 1.38 bits per heavy atom. The molecule has 0 radical (unpaired) electrons. The number of nitrogens with two attached hydrogens (primary N) is 1. The van der Waals surface area contributed by atoms with Gasteiger partial charge in [-0.3, -0.25) is 4.79 Å². The molecule has 0 heterocycles. The summed E-state index contributed by atoms with van der Waals surface area (Å²) < 4.78 is 0. The molecule has 5 heteroatoms. The molecule has 0 aliphatic heterocycles. The first-order valence-corrected chi connectivity index (χ1v) is 7.32. The summed E-state index contributed by atoms with van der Waals surface area (Å²) in [5.74, 6) is -0.474. The van der Waals surface area contributed by atoms with E-state index in [4.69, 9.17) is 10.8 Å². The van der Waals surface area contributed by atoms with Crippen molar-refractivity contribution >= 4 is 17.6 Å². The second-order valence-electron chi connectivity index (χ2n) is 6.01. The number of anilines is 1. The summed E-state index contributed by atoms with van der Waals surface area (Å²) in [7, 11) is 0. The number of carbonyl (C=O) groups excluding carboxylic acids is 1. The minimum absolute atomic E-state index is 0.0977. The summed E-state index contributed by atoms with van der Waals surface area (Å²) in [4.78, 5) is 23.5. The molecule has 0 saturated heterocycles. The van der Waals surface area contributed by atoms with E-state index in [1.165, 1.54) is 12.1 Å². The first-order chi connectivity index (χ1) is 9.97. The van der Waals surface area contributed by atoms with Gasteiger partial charge in [-0.2, -0.15) is 0 Å². The number of benzene rings is 1. The van der Waals surface area contributed by atoms with Crippen molar-refractivity contribution in [1.82, 2.24) is 0 Å². The van der Waals surface area contributed by atoms with Gasteiger partial charge < -0.3 is 16.2 Å². The van der Waals surface area contributed by atoms with Crippen LogP contribution >= 0.6 is 0 Å². The van der Waals surface area contributed by atoms with E-state index in [0.717, 1.165) is 25.7 Å². The minimum atomic E-state index is -1.01. The van der Waals surface area contributed by atoms with Crippen LogP contribution in [0.4, 0.5) is 5.69 Å². The normalized spacial score (nSPS) is 25.3. The molecule has 114 valence electrons. The Bertz CT molecular complexity index is 534. The number of amides is 1. The number of carboxylic acid groups (broad SMARTS) is 1. The van der Waals surface area contributed by atoms with Crippen molar-refractivity contribution < 1.29 is 14.7 Å². The predicted molar refractivity (Wildman–Crippen MR) is 81.2 cm³/mol. The van der Waals surface area contributed by atoms with Crippen molar-refractivity contribution in [3.8, 4) is 0 Å². The largest absolute Gasteiger partial charge is 0.478 e. The van der Waals surface area contributed by atoms with Crippen molar-refractivity contribution in [2.45, 2.75) is 32.6 Å². The lowest BCUT2D eigenvalue weighted by Gasteiger charge is -2.37. The Kier molecular flexibility index (Phi) is 4.63. The maximum atomic E-state index is 12.6. The zero-order valence-corrected chi connectivity index (χ0v) is 12.3. The summed E-state index contributed by atoms with van der Waals surface area (Å²) >= 11 is 0. The van der Waals surface area contributed by atoms with Crippen molar-refractivity contribution in [2.75, 3.05) is 11.9 Å². The SMILES string of the molecule is CC1CCC(CN)(C(=O)Nc2cccc(C(=O)O)c2)CC1. The zero-order chi connectivity index (χ0) is 15.5. The standard InChI is InChI=1S/C16H22N2O3/c1-11-5-7-16(10-17,8-6-11)15(21)18-13-4-2-3-12(9-13)14(19)20/h2-4,9,11H,5-8,10,17H2,1H3,(H,18,21)(H,19,20). The van der Waals surface area contributed by atoms with Crippen molar-refractivity contribution in [3.63, 3.8) is 0 Å². The van der Waals surface area contributed by atoms with Crippen molar-refractivity contribution in [3.05, 3.63) is 29.8 Å². The maximum Gasteiger partial charge on any atom is 0.335 e. The number of aromatic carboxylic acids is 1. The van der Waals surface area contributed by atoms with Gasteiger partial charge in [-0.05, 0) is 49.8 Å². The van der Waals surface area contributed by atoms with Crippen LogP contribution in [0.1, 0.15) is 43.0 Å². The molecule has 1 aliphatic carbocycles. The molecule has 2 rings (SSSR count). The van der Waals surface area contributed by atoms with Crippen LogP contribution in [0.2, 0.25) is 0 Å². The van der Waals surface area contributed by atoms with E-state index in [0.29, 0.717) is 18.2 Å². The maximum absolute atomic E-state index is 12.6. The van der Waals surface area contributed by atoms with Crippen LogP contribution in [-0.4, -0.2) is 23.5 Å². The van der Waals surface area contributed by atoms with E-state index in [-0.39, 0.29) is 11.5 Å². The third-order valence-electron chi connectivity index (χ3n) is 4.47. The smallest absolute Gasteiger partial charge is 0.335 e. The quantitative estimate of drug-likeness (QED) is 0.794. The van der Waals surface area contributed by atoms with E-state index < -0.39 is 11.4 Å². The van der Waals surface area contributed by atoms with Gasteiger partial charge in [0.05, 0.1) is 11.0 Å². The Balaban J connectivity index is 2.13. The highest BCUT2D eigenvalue weighted by Gasteiger charge is 2.39. The van der Waals surface area contributed by atoms with Crippen LogP contribution in [0, 0.1) is 11.3 Å². The number of hydrogen-bond acceptors (Lipinski definition) is 3. The summed E-state index contributed by atoms with van der Waals surface area (Å²) in [5.41, 5.74) is 6.00. The van der Waals surface area contributed by atoms with Gasteiger partial charge in [-0.25, -0.2) is 4.79 Å². The summed E-state index contributed by atoms with van der Waals surface area (Å²) in [6.07, 6.45) is 3.57. The van der Waals surface area contributed by atoms with Gasteiger partial charge in [-0.15, -0.1) is 0 Å². The van der Waals surface area contributed by atoms with E-state index in [1.54, 1.807) is 12.1 Å². The van der Waals surface area contributed by atoms with Crippen LogP contribution in [0.25, 0.3) is 0 Å². The average Bonchev–Trinajstić information content (AvgIpc) is 2.48. The molecule has 0 atom stereocenters. The molecule has 0 aromatic heterocycles. The average molecular weight is 290 g/mol. The first kappa shape index (κ1) is 15.5. The van der Waals surface area contributed by atoms with E-state index in [9.17, 15) is 9.59 Å². The van der Waals surface area contributed by atoms with Crippen LogP contribution in [0.3, 0.4) is 0 Å². The van der Waals surface area contributed by atoms with Gasteiger partial charge in [0, 0.05) is 12.2 Å². The van der Waals surface area contributed by atoms with Crippen LogP contribution < -0.4 is 11.1 Å². The highest BCUT2D eigenvalue weighted by molar-refractivity contribution is 5.97. The lowest BCUT2D eigenvalue weighted by Crippen LogP contribution is -2.44. The lowest BCUT2D eigenvalue weighted by atomic mass is 9.70. The van der Waals surface area contributed by atoms with E-state index in [2.05, 4.69) is 12.2 Å². The Morgan fingerprint density at radius 2 is 2.05 bits per heavy atom. The van der Waals surface area contributed by atoms with E-state index >= 15 is 0 Å². The zero-order valence-electron chi connectivity index (χ0n) is 12.3. The number of carbonyl (C=O) groups is 2. The summed E-state index contributed by atoms with van der Waals surface area (Å²) in [6.45, 7) is 2.51. The molecule has 4 N–H and O–H groups in total. The summed E-state index contributed by atoms with van der Waals surface area (Å²) in [5, 5.41) is 11.8. The molecule has 1 aliphatic rings. The molecule has 1 amide bonds. The molecule has 1 aromatic carbocycles. The molecule has 0 unspecified atom stereocenters. The van der Waals surface area contributed by atoms with Gasteiger partial charge in [0.2, 0.25) is 5.91 Å². The fourth-order valence-electron chi connectivity index (χ4n) is 2.83. The second-order valence-corrected chi connectivity index (χ2v) is 6.01. The fourth-order valence-corrected chi connectivity index (χ4v) is 2.83. The number of hydrogen-bond donors (Lipinski definition) is 3. The molecule has 21 heavy (non-hydrogen) atoms. The third-order valence-corrected chi connectivity index (χ3v) is 4.47. The highest BCUT2D eigenvalue weighted by Crippen LogP contribution is 2.39. The number of rotatable bonds is 4. The molecule has 1 aromatic rings. The molecule has 1 fully saturated rings. The Labute approximate surface area is 124 Å². The fraction of sp³-hybridized carbons (Fsp3) is 0.500. The predicted octanol–water partition coefficient (Wildman–Crippen LogP) is 2.48. The molecule has 5 nitrogen and oxygen atoms in total. The molecule has 0 bridgehead atoms. The van der Waals surface area contributed by atoms with Crippen LogP contribution in [0.5, 0.6) is 0 Å². The van der Waals surface area contributed by atoms with Gasteiger partial charge in [-0.1, -0.05) is 13.0 Å². The van der Waals surface area contributed by atoms with Gasteiger partial charge in [0.15, 0.2) is 0 Å². The van der Waals surface area contributed by atoms with Gasteiger partial charge in [0.1, 0.15) is 0 Å². The molecule has 1 saturated carbocycles. The highest BCUT2D eigenvalue weighted by atomic mass is 16.4. The lowest BCUT2D eigenvalue weighted by molar-refractivity contribution is -0.127. The number of nitrogens with one attached hydrogen (secondary N) is 1. The van der Waals surface area contributed by atoms with Crippen LogP contribution in [-0.2, 0) is 4.79 Å². The molecular weight excluding hydrogens is 268 g/mol. The van der Waals surface area contributed by atoms with Crippen molar-refractivity contribution in [1.29, 1.82) is 0 Å². The monoisotopic (exact) mass is 290 g/mol. The second kappa shape index (κ2) is 6.26. The topological polar surface area (TPSA) is 92.4 Å². The molecule has 0 spiro atoms. The van der Waals surface area contributed by atoms with E-state index in [1.807, 2.05) is 0 Å². The minimum Gasteiger partial charge on any atom is -0.478 e. The summed E-state index contributed by atoms with van der Waals surface area (Å²) in [6, 6.07) is 6.28. The number of carboxylic acids is 1.